The van der Waals surface area contributed by atoms with E-state index >= 15 is 0 Å². The molecule has 28 heavy (non-hydrogen) atoms. The minimum Gasteiger partial charge on any atom is -0.302 e. The van der Waals surface area contributed by atoms with Crippen LogP contribution in [0.4, 0.5) is 4.39 Å². The smallest absolute Gasteiger partial charge is 0.123 e. The predicted octanol–water partition coefficient (Wildman–Crippen LogP) is 4.84. The Morgan fingerprint density at radius 1 is 1.21 bits per heavy atom. The zero-order valence-electron chi connectivity index (χ0n) is 16.3. The highest BCUT2D eigenvalue weighted by Crippen LogP contribution is 2.46. The first-order chi connectivity index (χ1) is 13.6. The van der Waals surface area contributed by atoms with E-state index in [1.807, 2.05) is 10.8 Å². The maximum atomic E-state index is 13.2. The Morgan fingerprint density at radius 3 is 2.54 bits per heavy atom. The third-order valence-corrected chi connectivity index (χ3v) is 6.68. The van der Waals surface area contributed by atoms with Gasteiger partial charge in [-0.05, 0) is 61.4 Å². The Kier molecular flexibility index (Phi) is 5.32. The molecule has 1 aliphatic carbocycles. The van der Waals surface area contributed by atoms with Gasteiger partial charge in [0.25, 0.3) is 0 Å². The lowest BCUT2D eigenvalue weighted by Gasteiger charge is -2.41. The van der Waals surface area contributed by atoms with Crippen molar-refractivity contribution in [3.8, 4) is 6.07 Å². The van der Waals surface area contributed by atoms with Crippen LogP contribution < -0.4 is 0 Å². The Hall–Kier alpha value is -2.45. The van der Waals surface area contributed by atoms with Gasteiger partial charge in [-0.25, -0.2) is 9.37 Å². The van der Waals surface area contributed by atoms with E-state index in [0.717, 1.165) is 49.4 Å². The molecule has 1 aliphatic heterocycles. The molecule has 4 nitrogen and oxygen atoms in total. The molecule has 2 aliphatic rings. The van der Waals surface area contributed by atoms with Gasteiger partial charge < -0.3 is 4.57 Å². The first-order valence-electron chi connectivity index (χ1n) is 10.2. The van der Waals surface area contributed by atoms with Gasteiger partial charge in [-0.2, -0.15) is 5.26 Å². The van der Waals surface area contributed by atoms with E-state index < -0.39 is 0 Å². The van der Waals surface area contributed by atoms with Crippen molar-refractivity contribution >= 4 is 5.70 Å². The number of imidazole rings is 1. The van der Waals surface area contributed by atoms with Gasteiger partial charge in [-0.1, -0.05) is 19.4 Å². The van der Waals surface area contributed by atoms with Gasteiger partial charge in [0.1, 0.15) is 5.82 Å². The molecule has 0 spiro atoms. The van der Waals surface area contributed by atoms with Gasteiger partial charge in [0.15, 0.2) is 0 Å². The van der Waals surface area contributed by atoms with E-state index in [1.165, 1.54) is 37.8 Å². The zero-order chi connectivity index (χ0) is 19.6. The van der Waals surface area contributed by atoms with Crippen molar-refractivity contribution in [3.63, 3.8) is 0 Å². The molecule has 0 bridgehead atoms. The Labute approximate surface area is 166 Å². The van der Waals surface area contributed by atoms with Crippen LogP contribution in [0.5, 0.6) is 0 Å². The number of halogens is 1. The van der Waals surface area contributed by atoms with Gasteiger partial charge in [0, 0.05) is 31.5 Å². The third-order valence-electron chi connectivity index (χ3n) is 6.68. The van der Waals surface area contributed by atoms with Gasteiger partial charge in [-0.3, -0.25) is 4.90 Å². The number of piperidine rings is 1. The highest BCUT2D eigenvalue weighted by Gasteiger charge is 2.42. The fraction of sp³-hybridized carbons (Fsp3) is 0.478. The number of hydrogen-bond acceptors (Lipinski definition) is 3. The van der Waals surface area contributed by atoms with Crippen LogP contribution in [-0.4, -0.2) is 27.5 Å². The van der Waals surface area contributed by atoms with Crippen LogP contribution in [0.25, 0.3) is 5.70 Å². The Morgan fingerprint density at radius 2 is 1.89 bits per heavy atom. The average molecular weight is 378 g/mol. The summed E-state index contributed by atoms with van der Waals surface area (Å²) in [6.45, 7) is 6.85. The van der Waals surface area contributed by atoms with E-state index in [4.69, 9.17) is 0 Å². The van der Waals surface area contributed by atoms with E-state index in [-0.39, 0.29) is 11.2 Å². The minimum absolute atomic E-state index is 0.120. The maximum absolute atomic E-state index is 13.2. The fourth-order valence-electron chi connectivity index (χ4n) is 4.89. The number of likely N-dealkylation sites (tertiary alicyclic amines) is 1. The number of nitrogens with zero attached hydrogens (tertiary/aromatic N) is 4. The second-order valence-electron chi connectivity index (χ2n) is 8.23. The molecule has 1 aromatic carbocycles. The molecule has 0 radical (unpaired) electrons. The molecule has 0 N–H and O–H groups in total. The van der Waals surface area contributed by atoms with Gasteiger partial charge in [-0.15, -0.1) is 0 Å². The van der Waals surface area contributed by atoms with Crippen molar-refractivity contribution in [2.45, 2.75) is 45.1 Å². The number of rotatable bonds is 5. The van der Waals surface area contributed by atoms with Crippen LogP contribution in [0.15, 0.2) is 43.4 Å². The number of hydrogen-bond donors (Lipinski definition) is 0. The Bertz CT molecular complexity index is 863. The summed E-state index contributed by atoms with van der Waals surface area (Å²) in [6.07, 6.45) is 10.6. The lowest BCUT2D eigenvalue weighted by molar-refractivity contribution is 0.0916. The van der Waals surface area contributed by atoms with Crippen molar-refractivity contribution < 1.29 is 4.39 Å². The monoisotopic (exact) mass is 378 g/mol. The number of nitriles is 1. The summed E-state index contributed by atoms with van der Waals surface area (Å²) >= 11 is 0. The topological polar surface area (TPSA) is 44.9 Å². The van der Waals surface area contributed by atoms with Crippen LogP contribution >= 0.6 is 0 Å². The molecule has 146 valence electrons. The molecular weight excluding hydrogens is 351 g/mol. The molecule has 2 heterocycles. The molecule has 2 aromatic rings. The molecule has 0 atom stereocenters. The maximum Gasteiger partial charge on any atom is 0.123 e. The second-order valence-corrected chi connectivity index (χ2v) is 8.23. The first kappa shape index (κ1) is 18.9. The lowest BCUT2D eigenvalue weighted by Crippen LogP contribution is -2.42. The third kappa shape index (κ3) is 3.62. The number of benzene rings is 1. The summed E-state index contributed by atoms with van der Waals surface area (Å²) in [5.41, 5.74) is 2.62. The van der Waals surface area contributed by atoms with Crippen molar-refractivity contribution in [1.29, 1.82) is 5.26 Å². The SMILES string of the molecule is C=C(c1ccc(F)cc1)n1cncc1CN1CCC(C#N)(C2CCCC2)CC1. The van der Waals surface area contributed by atoms with Gasteiger partial charge in [0.05, 0.1) is 23.5 Å². The lowest BCUT2D eigenvalue weighted by atomic mass is 9.69. The Balaban J connectivity index is 1.42. The van der Waals surface area contributed by atoms with Crippen LogP contribution in [0.3, 0.4) is 0 Å². The second kappa shape index (κ2) is 7.89. The molecule has 0 unspecified atom stereocenters. The van der Waals surface area contributed by atoms with Crippen LogP contribution in [-0.2, 0) is 6.54 Å². The van der Waals surface area contributed by atoms with Gasteiger partial charge in [0.2, 0.25) is 0 Å². The molecular formula is C23H27FN4. The van der Waals surface area contributed by atoms with Crippen molar-refractivity contribution in [2.75, 3.05) is 13.1 Å². The summed E-state index contributed by atoms with van der Waals surface area (Å²) in [7, 11) is 0. The first-order valence-corrected chi connectivity index (χ1v) is 10.2. The van der Waals surface area contributed by atoms with Crippen molar-refractivity contribution in [2.24, 2.45) is 11.3 Å². The van der Waals surface area contributed by atoms with Crippen molar-refractivity contribution in [3.05, 3.63) is 60.4 Å². The van der Waals surface area contributed by atoms with Crippen molar-refractivity contribution in [1.82, 2.24) is 14.5 Å². The highest BCUT2D eigenvalue weighted by molar-refractivity contribution is 5.64. The summed E-state index contributed by atoms with van der Waals surface area (Å²) in [6, 6.07) is 9.09. The molecule has 2 fully saturated rings. The molecule has 0 amide bonds. The molecule has 1 saturated heterocycles. The summed E-state index contributed by atoms with van der Waals surface area (Å²) < 4.78 is 15.2. The predicted molar refractivity (Wildman–Crippen MR) is 108 cm³/mol. The van der Waals surface area contributed by atoms with Gasteiger partial charge >= 0.3 is 0 Å². The minimum atomic E-state index is -0.251. The fourth-order valence-corrected chi connectivity index (χ4v) is 4.89. The van der Waals surface area contributed by atoms with E-state index in [9.17, 15) is 9.65 Å². The standard InChI is InChI=1S/C23H27FN4/c1-18(19-6-8-21(24)9-7-19)28-17-26-14-22(28)15-27-12-10-23(16-25,11-13-27)20-4-2-3-5-20/h6-9,14,17,20H,1-5,10-13,15H2. The summed E-state index contributed by atoms with van der Waals surface area (Å²) in [5, 5.41) is 9.89. The van der Waals surface area contributed by atoms with Crippen LogP contribution in [0.2, 0.25) is 0 Å². The van der Waals surface area contributed by atoms with Crippen LogP contribution in [0.1, 0.15) is 49.8 Å². The van der Waals surface area contributed by atoms with Crippen LogP contribution in [0, 0.1) is 28.5 Å². The average Bonchev–Trinajstić information content (AvgIpc) is 3.41. The largest absolute Gasteiger partial charge is 0.302 e. The number of aromatic nitrogens is 2. The zero-order valence-corrected chi connectivity index (χ0v) is 16.3. The quantitative estimate of drug-likeness (QED) is 0.748. The summed E-state index contributed by atoms with van der Waals surface area (Å²) in [4.78, 5) is 6.72. The van der Waals surface area contributed by atoms with E-state index in [0.29, 0.717) is 5.92 Å². The van der Waals surface area contributed by atoms with E-state index in [1.54, 1.807) is 18.5 Å². The normalized spacial score (nSPS) is 20.1. The molecule has 1 saturated carbocycles. The van der Waals surface area contributed by atoms with E-state index in [2.05, 4.69) is 22.5 Å². The summed E-state index contributed by atoms with van der Waals surface area (Å²) in [5.74, 6) is 0.336. The molecule has 1 aromatic heterocycles. The molecule has 4 rings (SSSR count). The molecule has 5 heteroatoms. The highest BCUT2D eigenvalue weighted by atomic mass is 19.1.